The summed E-state index contributed by atoms with van der Waals surface area (Å²) in [5.41, 5.74) is 2.19. The predicted octanol–water partition coefficient (Wildman–Crippen LogP) is 5.00. The molecule has 0 amide bonds. The van der Waals surface area contributed by atoms with Gasteiger partial charge in [0.05, 0.1) is 16.1 Å². The van der Waals surface area contributed by atoms with E-state index in [0.29, 0.717) is 5.56 Å². The normalized spacial score (nSPS) is 10.7. The highest BCUT2D eigenvalue weighted by Gasteiger charge is 2.11. The van der Waals surface area contributed by atoms with Crippen molar-refractivity contribution in [3.05, 3.63) is 51.1 Å². The van der Waals surface area contributed by atoms with Crippen LogP contribution in [0.25, 0.3) is 21.1 Å². The van der Waals surface area contributed by atoms with Crippen LogP contribution in [-0.2, 0) is 0 Å². The number of rotatable bonds is 3. The Morgan fingerprint density at radius 2 is 1.90 bits per heavy atom. The lowest BCUT2D eigenvalue weighted by molar-refractivity contribution is 0.0697. The second-order valence-corrected chi connectivity index (χ2v) is 6.73. The van der Waals surface area contributed by atoms with Gasteiger partial charge in [-0.15, -0.1) is 22.7 Å². The second-order valence-electron chi connectivity index (χ2n) is 4.05. The largest absolute Gasteiger partial charge is 0.478 e. The monoisotopic (exact) mass is 365 g/mol. The fraction of sp³-hybridized carbons (Fsp3) is 0. The van der Waals surface area contributed by atoms with Gasteiger partial charge in [0.25, 0.3) is 0 Å². The third-order valence-electron chi connectivity index (χ3n) is 2.69. The lowest BCUT2D eigenvalue weighted by Crippen LogP contribution is -1.91. The summed E-state index contributed by atoms with van der Waals surface area (Å²) in [6, 6.07) is 9.62. The van der Waals surface area contributed by atoms with Crippen LogP contribution >= 0.6 is 38.6 Å². The van der Waals surface area contributed by atoms with E-state index in [4.69, 9.17) is 5.11 Å². The first kappa shape index (κ1) is 13.5. The molecule has 0 unspecified atom stereocenters. The third-order valence-corrected chi connectivity index (χ3v) is 5.07. The van der Waals surface area contributed by atoms with E-state index >= 15 is 0 Å². The Bertz CT molecular complexity index is 762. The van der Waals surface area contributed by atoms with Gasteiger partial charge in [0, 0.05) is 20.8 Å². The topological polar surface area (TPSA) is 50.2 Å². The van der Waals surface area contributed by atoms with E-state index < -0.39 is 5.97 Å². The fourth-order valence-corrected chi connectivity index (χ4v) is 3.70. The average molecular weight is 366 g/mol. The van der Waals surface area contributed by atoms with Gasteiger partial charge in [0.15, 0.2) is 0 Å². The number of aromatic carboxylic acids is 1. The number of thiophene rings is 1. The Labute approximate surface area is 131 Å². The van der Waals surface area contributed by atoms with E-state index in [0.717, 1.165) is 25.6 Å². The fourth-order valence-electron chi connectivity index (χ4n) is 1.69. The van der Waals surface area contributed by atoms with Crippen molar-refractivity contribution in [2.45, 2.75) is 0 Å². The minimum absolute atomic E-state index is 0.309. The van der Waals surface area contributed by atoms with Gasteiger partial charge >= 0.3 is 5.97 Å². The zero-order chi connectivity index (χ0) is 14.1. The van der Waals surface area contributed by atoms with Crippen molar-refractivity contribution in [1.82, 2.24) is 4.98 Å². The lowest BCUT2D eigenvalue weighted by Gasteiger charge is -1.95. The molecule has 100 valence electrons. The molecule has 0 aliphatic rings. The summed E-state index contributed by atoms with van der Waals surface area (Å²) in [6.07, 6.45) is 0. The summed E-state index contributed by atoms with van der Waals surface area (Å²) in [7, 11) is 0. The molecule has 0 saturated heterocycles. The third kappa shape index (κ3) is 2.67. The Kier molecular flexibility index (Phi) is 3.69. The van der Waals surface area contributed by atoms with Crippen molar-refractivity contribution in [3.8, 4) is 21.1 Å². The molecule has 0 saturated carbocycles. The summed E-state index contributed by atoms with van der Waals surface area (Å²) in [4.78, 5) is 16.3. The van der Waals surface area contributed by atoms with E-state index in [2.05, 4.69) is 20.9 Å². The molecule has 0 spiro atoms. The van der Waals surface area contributed by atoms with Crippen molar-refractivity contribution in [1.29, 1.82) is 0 Å². The van der Waals surface area contributed by atoms with E-state index in [9.17, 15) is 4.79 Å². The maximum Gasteiger partial charge on any atom is 0.336 e. The Morgan fingerprint density at radius 1 is 1.15 bits per heavy atom. The molecule has 6 heteroatoms. The summed E-state index contributed by atoms with van der Waals surface area (Å²) < 4.78 is 1.03. The Morgan fingerprint density at radius 3 is 2.55 bits per heavy atom. The van der Waals surface area contributed by atoms with Crippen LogP contribution in [0.1, 0.15) is 10.4 Å². The SMILES string of the molecule is O=C(O)c1csc(-c2csc(-c3ccc(Br)cc3)n2)c1. The highest BCUT2D eigenvalue weighted by Crippen LogP contribution is 2.32. The minimum Gasteiger partial charge on any atom is -0.478 e. The van der Waals surface area contributed by atoms with Crippen molar-refractivity contribution >= 4 is 44.6 Å². The molecule has 3 aromatic rings. The van der Waals surface area contributed by atoms with E-state index in [1.807, 2.05) is 29.6 Å². The number of carbonyl (C=O) groups is 1. The summed E-state index contributed by atoms with van der Waals surface area (Å²) >= 11 is 6.36. The smallest absolute Gasteiger partial charge is 0.336 e. The summed E-state index contributed by atoms with van der Waals surface area (Å²) in [5.74, 6) is -0.907. The van der Waals surface area contributed by atoms with Crippen LogP contribution in [0.5, 0.6) is 0 Å². The molecule has 1 N–H and O–H groups in total. The number of thiazole rings is 1. The molecule has 0 aliphatic heterocycles. The second kappa shape index (κ2) is 5.47. The summed E-state index contributed by atoms with van der Waals surface area (Å²) in [6.45, 7) is 0. The molecule has 0 aliphatic carbocycles. The van der Waals surface area contributed by atoms with Gasteiger partial charge in [0.2, 0.25) is 0 Å². The van der Waals surface area contributed by atoms with Gasteiger partial charge in [0.1, 0.15) is 5.01 Å². The number of hydrogen-bond donors (Lipinski definition) is 1. The molecule has 0 bridgehead atoms. The molecule has 3 nitrogen and oxygen atoms in total. The van der Waals surface area contributed by atoms with Gasteiger partial charge in [-0.1, -0.05) is 28.1 Å². The van der Waals surface area contributed by atoms with Crippen LogP contribution < -0.4 is 0 Å². The van der Waals surface area contributed by atoms with Crippen LogP contribution in [-0.4, -0.2) is 16.1 Å². The highest BCUT2D eigenvalue weighted by atomic mass is 79.9. The maximum absolute atomic E-state index is 10.9. The molecule has 0 fully saturated rings. The maximum atomic E-state index is 10.9. The van der Waals surface area contributed by atoms with Crippen LogP contribution in [0.4, 0.5) is 0 Å². The van der Waals surface area contributed by atoms with Crippen molar-refractivity contribution < 1.29 is 9.90 Å². The first-order valence-electron chi connectivity index (χ1n) is 5.67. The van der Waals surface area contributed by atoms with Gasteiger partial charge < -0.3 is 5.11 Å². The number of halogens is 1. The number of carboxylic acids is 1. The first-order chi connectivity index (χ1) is 9.63. The Balaban J connectivity index is 1.93. The minimum atomic E-state index is -0.907. The number of aromatic nitrogens is 1. The number of nitrogens with zero attached hydrogens (tertiary/aromatic N) is 1. The predicted molar refractivity (Wildman–Crippen MR) is 85.5 cm³/mol. The van der Waals surface area contributed by atoms with Crippen LogP contribution in [0.3, 0.4) is 0 Å². The number of benzene rings is 1. The molecule has 2 aromatic heterocycles. The van der Waals surface area contributed by atoms with E-state index in [1.165, 1.54) is 11.3 Å². The first-order valence-corrected chi connectivity index (χ1v) is 8.22. The van der Waals surface area contributed by atoms with Crippen molar-refractivity contribution in [3.63, 3.8) is 0 Å². The molecule has 3 rings (SSSR count). The van der Waals surface area contributed by atoms with Crippen molar-refractivity contribution in [2.24, 2.45) is 0 Å². The highest BCUT2D eigenvalue weighted by molar-refractivity contribution is 9.10. The summed E-state index contributed by atoms with van der Waals surface area (Å²) in [5, 5.41) is 13.5. The standard InChI is InChI=1S/C14H8BrNO2S2/c15-10-3-1-8(2-4-10)13-16-11(7-20-13)12-5-9(6-19-12)14(17)18/h1-7H,(H,17,18). The number of hydrogen-bond acceptors (Lipinski definition) is 4. The molecular weight excluding hydrogens is 358 g/mol. The Hall–Kier alpha value is -1.50. The zero-order valence-electron chi connectivity index (χ0n) is 10.0. The lowest BCUT2D eigenvalue weighted by atomic mass is 10.2. The van der Waals surface area contributed by atoms with Gasteiger partial charge in [-0.05, 0) is 18.2 Å². The quantitative estimate of drug-likeness (QED) is 0.710. The number of carboxylic acid groups (broad SMARTS) is 1. The average Bonchev–Trinajstić information content (AvgIpc) is 3.08. The van der Waals surface area contributed by atoms with Crippen molar-refractivity contribution in [2.75, 3.05) is 0 Å². The molecular formula is C14H8BrNO2S2. The van der Waals surface area contributed by atoms with E-state index in [1.54, 1.807) is 22.8 Å². The van der Waals surface area contributed by atoms with Gasteiger partial charge in [-0.3, -0.25) is 0 Å². The van der Waals surface area contributed by atoms with Gasteiger partial charge in [-0.2, -0.15) is 0 Å². The molecule has 1 aromatic carbocycles. The van der Waals surface area contributed by atoms with Gasteiger partial charge in [-0.25, -0.2) is 9.78 Å². The molecule has 2 heterocycles. The van der Waals surface area contributed by atoms with Crippen LogP contribution in [0, 0.1) is 0 Å². The van der Waals surface area contributed by atoms with E-state index in [-0.39, 0.29) is 0 Å². The molecule has 0 atom stereocenters. The molecule has 20 heavy (non-hydrogen) atoms. The van der Waals surface area contributed by atoms with Crippen LogP contribution in [0.2, 0.25) is 0 Å². The zero-order valence-corrected chi connectivity index (χ0v) is 13.3. The van der Waals surface area contributed by atoms with Crippen LogP contribution in [0.15, 0.2) is 45.6 Å². The molecule has 0 radical (unpaired) electrons.